The summed E-state index contributed by atoms with van der Waals surface area (Å²) in [6.45, 7) is 2.59. The summed E-state index contributed by atoms with van der Waals surface area (Å²) in [6.07, 6.45) is 1.58. The summed E-state index contributed by atoms with van der Waals surface area (Å²) in [5.41, 5.74) is 5.59. The van der Waals surface area contributed by atoms with Gasteiger partial charge in [0.2, 0.25) is 5.95 Å². The zero-order valence-electron chi connectivity index (χ0n) is 14.6. The molecule has 5 rings (SSSR count). The fourth-order valence-electron chi connectivity index (χ4n) is 3.65. The van der Waals surface area contributed by atoms with Crippen LogP contribution in [0.4, 0.5) is 5.95 Å². The van der Waals surface area contributed by atoms with E-state index in [0.717, 1.165) is 39.8 Å². The molecular weight excluding hydrogens is 328 g/mol. The van der Waals surface area contributed by atoms with Crippen LogP contribution in [0.15, 0.2) is 54.4 Å². The number of fused-ring (bicyclic) bond motifs is 3. The van der Waals surface area contributed by atoms with Crippen molar-refractivity contribution in [3.63, 3.8) is 0 Å². The third kappa shape index (κ3) is 2.19. The topological polar surface area (TPSA) is 61.2 Å². The normalized spacial score (nSPS) is 17.5. The molecule has 6 nitrogen and oxygen atoms in total. The lowest BCUT2D eigenvalue weighted by atomic mass is 9.91. The average Bonchev–Trinajstić information content (AvgIpc) is 3.14. The molecule has 6 heteroatoms. The van der Waals surface area contributed by atoms with Gasteiger partial charge in [0.05, 0.1) is 12.8 Å². The first-order valence-corrected chi connectivity index (χ1v) is 8.52. The fourth-order valence-corrected chi connectivity index (χ4v) is 3.65. The summed E-state index contributed by atoms with van der Waals surface area (Å²) in [4.78, 5) is 4.39. The highest BCUT2D eigenvalue weighted by Crippen LogP contribution is 2.43. The van der Waals surface area contributed by atoms with Crippen LogP contribution in [0.1, 0.15) is 22.7 Å². The summed E-state index contributed by atoms with van der Waals surface area (Å²) in [5, 5.41) is 7.89. The molecule has 0 spiro atoms. The Morgan fingerprint density at radius 2 is 2.04 bits per heavy atom. The van der Waals surface area contributed by atoms with Gasteiger partial charge in [-0.25, -0.2) is 4.68 Å². The number of methoxy groups -OCH3 is 1. The molecule has 1 N–H and O–H groups in total. The lowest BCUT2D eigenvalue weighted by Crippen LogP contribution is -2.30. The molecule has 1 unspecified atom stereocenters. The maximum Gasteiger partial charge on any atom is 0.226 e. The van der Waals surface area contributed by atoms with Crippen molar-refractivity contribution in [2.75, 3.05) is 19.0 Å². The number of aromatic nitrogens is 3. The number of rotatable bonds is 2. The van der Waals surface area contributed by atoms with E-state index in [9.17, 15) is 0 Å². The third-order valence-corrected chi connectivity index (χ3v) is 4.92. The van der Waals surface area contributed by atoms with Gasteiger partial charge in [-0.15, -0.1) is 0 Å². The summed E-state index contributed by atoms with van der Waals surface area (Å²) in [7, 11) is 1.67. The van der Waals surface area contributed by atoms with Crippen LogP contribution in [0.25, 0.3) is 5.70 Å². The minimum Gasteiger partial charge on any atom is -0.497 e. The minimum absolute atomic E-state index is 0.0664. The lowest BCUT2D eigenvalue weighted by molar-refractivity contribution is 0.328. The Kier molecular flexibility index (Phi) is 3.25. The van der Waals surface area contributed by atoms with Crippen LogP contribution in [0.2, 0.25) is 0 Å². The number of hydrogen-bond donors (Lipinski definition) is 1. The van der Waals surface area contributed by atoms with Gasteiger partial charge >= 0.3 is 0 Å². The highest BCUT2D eigenvalue weighted by molar-refractivity contribution is 5.84. The van der Waals surface area contributed by atoms with E-state index in [1.54, 1.807) is 13.4 Å². The maximum atomic E-state index is 6.05. The first-order valence-electron chi connectivity index (χ1n) is 8.52. The molecule has 0 fully saturated rings. The maximum absolute atomic E-state index is 6.05. The Morgan fingerprint density at radius 3 is 2.85 bits per heavy atom. The van der Waals surface area contributed by atoms with Gasteiger partial charge in [0.1, 0.15) is 30.5 Å². The molecule has 2 aromatic carbocycles. The second-order valence-corrected chi connectivity index (χ2v) is 6.52. The van der Waals surface area contributed by atoms with Gasteiger partial charge in [-0.2, -0.15) is 10.1 Å². The van der Waals surface area contributed by atoms with Crippen molar-refractivity contribution in [1.29, 1.82) is 0 Å². The van der Waals surface area contributed by atoms with Crippen LogP contribution in [0.3, 0.4) is 0 Å². The summed E-state index contributed by atoms with van der Waals surface area (Å²) in [5.74, 6) is 2.46. The largest absolute Gasteiger partial charge is 0.497 e. The molecule has 3 aromatic rings. The van der Waals surface area contributed by atoms with Gasteiger partial charge in [0.15, 0.2) is 0 Å². The van der Waals surface area contributed by atoms with Crippen molar-refractivity contribution in [2.45, 2.75) is 13.0 Å². The van der Waals surface area contributed by atoms with E-state index in [1.807, 2.05) is 22.9 Å². The van der Waals surface area contributed by atoms with Gasteiger partial charge in [-0.1, -0.05) is 23.8 Å². The monoisotopic (exact) mass is 346 g/mol. The van der Waals surface area contributed by atoms with E-state index < -0.39 is 0 Å². The number of nitrogens with one attached hydrogen (secondary N) is 1. The minimum atomic E-state index is -0.0664. The Hall–Kier alpha value is -3.28. The van der Waals surface area contributed by atoms with Gasteiger partial charge < -0.3 is 14.8 Å². The van der Waals surface area contributed by atoms with E-state index in [1.165, 1.54) is 5.56 Å². The first kappa shape index (κ1) is 15.0. The number of hydrogen-bond acceptors (Lipinski definition) is 5. The van der Waals surface area contributed by atoms with Crippen molar-refractivity contribution < 1.29 is 9.47 Å². The van der Waals surface area contributed by atoms with Crippen LogP contribution >= 0.6 is 0 Å². The molecular formula is C20H18N4O2. The molecule has 2 aliphatic rings. The quantitative estimate of drug-likeness (QED) is 0.770. The van der Waals surface area contributed by atoms with Crippen molar-refractivity contribution in [2.24, 2.45) is 0 Å². The molecule has 0 saturated carbocycles. The highest BCUT2D eigenvalue weighted by Gasteiger charge is 2.34. The van der Waals surface area contributed by atoms with Crippen molar-refractivity contribution in [1.82, 2.24) is 14.8 Å². The smallest absolute Gasteiger partial charge is 0.226 e. The molecule has 1 aromatic heterocycles. The van der Waals surface area contributed by atoms with Gasteiger partial charge in [-0.3, -0.25) is 0 Å². The number of aryl methyl sites for hydroxylation is 1. The summed E-state index contributed by atoms with van der Waals surface area (Å²) in [6, 6.07) is 14.2. The van der Waals surface area contributed by atoms with Crippen molar-refractivity contribution >= 4 is 11.6 Å². The third-order valence-electron chi connectivity index (χ3n) is 4.92. The highest BCUT2D eigenvalue weighted by atomic mass is 16.5. The Bertz CT molecular complexity index is 1020. The summed E-state index contributed by atoms with van der Waals surface area (Å²) < 4.78 is 13.3. The molecule has 130 valence electrons. The average molecular weight is 346 g/mol. The van der Waals surface area contributed by atoms with E-state index in [4.69, 9.17) is 9.47 Å². The van der Waals surface area contributed by atoms with Gasteiger partial charge in [0.25, 0.3) is 0 Å². The lowest BCUT2D eigenvalue weighted by Gasteiger charge is -2.34. The molecule has 0 radical (unpaired) electrons. The fraction of sp³-hybridized carbons (Fsp3) is 0.200. The SMILES string of the molecule is COc1ccc(C2C3=C(Nc4ncnn42)c2cc(C)ccc2OC3)cc1. The molecule has 1 atom stereocenters. The number of benzene rings is 2. The molecule has 2 aliphatic heterocycles. The van der Waals surface area contributed by atoms with Crippen LogP contribution in [0, 0.1) is 6.92 Å². The molecule has 0 aliphatic carbocycles. The standard InChI is InChI=1S/C20H18N4O2/c1-12-3-8-17-15(9-12)18-16(10-26-17)19(24-20(23-18)21-11-22-24)13-4-6-14(25-2)7-5-13/h3-9,11,19H,10H2,1-2H3,(H,21,22,23). The van der Waals surface area contributed by atoms with Crippen molar-refractivity contribution in [3.8, 4) is 11.5 Å². The van der Waals surface area contributed by atoms with Crippen LogP contribution < -0.4 is 14.8 Å². The van der Waals surface area contributed by atoms with Crippen molar-refractivity contribution in [3.05, 3.63) is 71.1 Å². The van der Waals surface area contributed by atoms with E-state index >= 15 is 0 Å². The zero-order valence-corrected chi connectivity index (χ0v) is 14.6. The van der Waals surface area contributed by atoms with E-state index in [0.29, 0.717) is 6.61 Å². The Balaban J connectivity index is 1.70. The second kappa shape index (κ2) is 5.62. The zero-order chi connectivity index (χ0) is 17.7. The van der Waals surface area contributed by atoms with Gasteiger partial charge in [0, 0.05) is 11.1 Å². The molecule has 26 heavy (non-hydrogen) atoms. The predicted octanol–water partition coefficient (Wildman–Crippen LogP) is 3.41. The second-order valence-electron chi connectivity index (χ2n) is 6.52. The van der Waals surface area contributed by atoms with E-state index in [2.05, 4.69) is 46.6 Å². The summed E-state index contributed by atoms with van der Waals surface area (Å²) >= 11 is 0. The number of nitrogens with zero attached hydrogens (tertiary/aromatic N) is 3. The number of ether oxygens (including phenoxy) is 2. The van der Waals surface area contributed by atoms with Crippen LogP contribution in [0.5, 0.6) is 11.5 Å². The Labute approximate surface area is 151 Å². The van der Waals surface area contributed by atoms with Crippen LogP contribution in [-0.4, -0.2) is 28.5 Å². The number of anilines is 1. The Morgan fingerprint density at radius 1 is 1.19 bits per heavy atom. The molecule has 0 saturated heterocycles. The molecule has 3 heterocycles. The molecule has 0 bridgehead atoms. The predicted molar refractivity (Wildman–Crippen MR) is 98.4 cm³/mol. The van der Waals surface area contributed by atoms with E-state index in [-0.39, 0.29) is 6.04 Å². The van der Waals surface area contributed by atoms with Gasteiger partial charge in [-0.05, 0) is 36.8 Å². The molecule has 0 amide bonds. The first-order chi connectivity index (χ1) is 12.7. The van der Waals surface area contributed by atoms with Crippen LogP contribution in [-0.2, 0) is 0 Å².